The zero-order valence-corrected chi connectivity index (χ0v) is 11.7. The lowest BCUT2D eigenvalue weighted by atomic mass is 10.1. The molecule has 0 saturated heterocycles. The molecular formula is C16H17FN2O2. The van der Waals surface area contributed by atoms with Crippen molar-refractivity contribution < 1.29 is 13.9 Å². The molecule has 1 amide bonds. The highest BCUT2D eigenvalue weighted by atomic mass is 19.1. The second-order valence-electron chi connectivity index (χ2n) is 4.64. The molecule has 0 unspecified atom stereocenters. The molecule has 110 valence electrons. The van der Waals surface area contributed by atoms with Crippen LogP contribution in [0.4, 0.5) is 10.1 Å². The number of anilines is 1. The van der Waals surface area contributed by atoms with E-state index in [0.29, 0.717) is 5.75 Å². The molecule has 2 aromatic carbocycles. The van der Waals surface area contributed by atoms with Gasteiger partial charge in [0.05, 0.1) is 5.69 Å². The Balaban J connectivity index is 1.97. The Morgan fingerprint density at radius 1 is 1.24 bits per heavy atom. The minimum Gasteiger partial charge on any atom is -0.483 e. The summed E-state index contributed by atoms with van der Waals surface area (Å²) in [6, 6.07) is 13.0. The Morgan fingerprint density at radius 3 is 2.62 bits per heavy atom. The Bertz CT molecular complexity index is 629. The largest absolute Gasteiger partial charge is 0.483 e. The molecule has 0 aliphatic heterocycles. The van der Waals surface area contributed by atoms with Gasteiger partial charge in [-0.3, -0.25) is 4.79 Å². The molecule has 0 saturated carbocycles. The minimum absolute atomic E-state index is 0.131. The van der Waals surface area contributed by atoms with Crippen molar-refractivity contribution >= 4 is 11.6 Å². The van der Waals surface area contributed by atoms with E-state index in [1.165, 1.54) is 12.1 Å². The predicted octanol–water partition coefficient (Wildman–Crippen LogP) is 2.86. The molecule has 0 radical (unpaired) electrons. The molecule has 3 N–H and O–H groups in total. The summed E-state index contributed by atoms with van der Waals surface area (Å²) in [7, 11) is 0. The fraction of sp³-hybridized carbons (Fsp3) is 0.188. The van der Waals surface area contributed by atoms with Gasteiger partial charge in [-0.15, -0.1) is 0 Å². The molecule has 0 aromatic heterocycles. The average molecular weight is 288 g/mol. The van der Waals surface area contributed by atoms with E-state index in [1.54, 1.807) is 24.3 Å². The second kappa shape index (κ2) is 6.85. The van der Waals surface area contributed by atoms with Crippen LogP contribution in [0.5, 0.6) is 5.75 Å². The van der Waals surface area contributed by atoms with Crippen LogP contribution in [0.3, 0.4) is 0 Å². The van der Waals surface area contributed by atoms with Gasteiger partial charge in [-0.1, -0.05) is 30.3 Å². The predicted molar refractivity (Wildman–Crippen MR) is 79.6 cm³/mol. The molecule has 5 heteroatoms. The Morgan fingerprint density at radius 2 is 1.90 bits per heavy atom. The van der Waals surface area contributed by atoms with Crippen LogP contribution in [0.2, 0.25) is 0 Å². The van der Waals surface area contributed by atoms with Crippen LogP contribution in [0, 0.1) is 5.82 Å². The van der Waals surface area contributed by atoms with Gasteiger partial charge in [0.15, 0.2) is 6.61 Å². The van der Waals surface area contributed by atoms with Gasteiger partial charge in [0.1, 0.15) is 11.6 Å². The van der Waals surface area contributed by atoms with Gasteiger partial charge in [-0.2, -0.15) is 0 Å². The summed E-state index contributed by atoms with van der Waals surface area (Å²) in [4.78, 5) is 11.8. The number of carbonyl (C=O) groups is 1. The van der Waals surface area contributed by atoms with E-state index in [0.717, 1.165) is 5.56 Å². The van der Waals surface area contributed by atoms with E-state index >= 15 is 0 Å². The lowest BCUT2D eigenvalue weighted by Gasteiger charge is -2.13. The third-order valence-electron chi connectivity index (χ3n) is 2.92. The van der Waals surface area contributed by atoms with Crippen LogP contribution in [-0.4, -0.2) is 12.5 Å². The molecule has 1 atom stereocenters. The summed E-state index contributed by atoms with van der Waals surface area (Å²) in [5.74, 6) is -0.363. The minimum atomic E-state index is -0.484. The van der Waals surface area contributed by atoms with Crippen LogP contribution < -0.4 is 15.8 Å². The molecule has 0 bridgehead atoms. The maximum absolute atomic E-state index is 13.4. The van der Waals surface area contributed by atoms with Crippen molar-refractivity contribution in [2.24, 2.45) is 5.73 Å². The van der Waals surface area contributed by atoms with Gasteiger partial charge in [-0.25, -0.2) is 4.39 Å². The number of halogens is 1. The first-order chi connectivity index (χ1) is 10.1. The summed E-state index contributed by atoms with van der Waals surface area (Å²) in [5.41, 5.74) is 6.78. The summed E-state index contributed by atoms with van der Waals surface area (Å²) in [6.07, 6.45) is 0. The normalized spacial score (nSPS) is 11.8. The Kier molecular flexibility index (Phi) is 4.90. The number of hydrogen-bond acceptors (Lipinski definition) is 3. The number of carbonyl (C=O) groups excluding carboxylic acids is 1. The number of ether oxygens (including phenoxy) is 1. The molecule has 0 aliphatic rings. The average Bonchev–Trinajstić information content (AvgIpc) is 2.48. The van der Waals surface area contributed by atoms with Crippen molar-refractivity contribution in [3.8, 4) is 5.75 Å². The number of amides is 1. The van der Waals surface area contributed by atoms with Gasteiger partial charge in [0, 0.05) is 11.6 Å². The van der Waals surface area contributed by atoms with Gasteiger partial charge in [0.2, 0.25) is 0 Å². The van der Waals surface area contributed by atoms with E-state index in [4.69, 9.17) is 10.5 Å². The van der Waals surface area contributed by atoms with Gasteiger partial charge >= 0.3 is 0 Å². The number of rotatable bonds is 5. The second-order valence-corrected chi connectivity index (χ2v) is 4.64. The molecule has 0 spiro atoms. The van der Waals surface area contributed by atoms with Crippen molar-refractivity contribution in [2.45, 2.75) is 13.0 Å². The SMILES string of the molecule is C[C@H](N)c1ccccc1OCC(=O)Nc1ccccc1F. The first-order valence-corrected chi connectivity index (χ1v) is 6.59. The molecular weight excluding hydrogens is 271 g/mol. The van der Waals surface area contributed by atoms with Crippen molar-refractivity contribution in [2.75, 3.05) is 11.9 Å². The van der Waals surface area contributed by atoms with Crippen LogP contribution in [0.1, 0.15) is 18.5 Å². The van der Waals surface area contributed by atoms with E-state index in [2.05, 4.69) is 5.32 Å². The Hall–Kier alpha value is -2.40. The highest BCUT2D eigenvalue weighted by Crippen LogP contribution is 2.23. The number of para-hydroxylation sites is 2. The Labute approximate surface area is 122 Å². The van der Waals surface area contributed by atoms with E-state index in [1.807, 2.05) is 19.1 Å². The summed E-state index contributed by atoms with van der Waals surface area (Å²) >= 11 is 0. The van der Waals surface area contributed by atoms with E-state index in [-0.39, 0.29) is 18.3 Å². The number of benzene rings is 2. The van der Waals surface area contributed by atoms with E-state index in [9.17, 15) is 9.18 Å². The maximum atomic E-state index is 13.4. The molecule has 21 heavy (non-hydrogen) atoms. The standard InChI is InChI=1S/C16H17FN2O2/c1-11(18)12-6-2-5-9-15(12)21-10-16(20)19-14-8-4-3-7-13(14)17/h2-9,11H,10,18H2,1H3,(H,19,20)/t11-/m0/s1. The first kappa shape index (κ1) is 15.0. The van der Waals surface area contributed by atoms with Crippen LogP contribution >= 0.6 is 0 Å². The first-order valence-electron chi connectivity index (χ1n) is 6.59. The van der Waals surface area contributed by atoms with Gasteiger partial charge < -0.3 is 15.8 Å². The van der Waals surface area contributed by atoms with Crippen molar-refractivity contribution in [3.63, 3.8) is 0 Å². The zero-order chi connectivity index (χ0) is 15.2. The topological polar surface area (TPSA) is 64.3 Å². The molecule has 2 rings (SSSR count). The third-order valence-corrected chi connectivity index (χ3v) is 2.92. The highest BCUT2D eigenvalue weighted by molar-refractivity contribution is 5.91. The summed E-state index contributed by atoms with van der Waals surface area (Å²) < 4.78 is 18.9. The summed E-state index contributed by atoms with van der Waals surface area (Å²) in [6.45, 7) is 1.62. The summed E-state index contributed by atoms with van der Waals surface area (Å²) in [5, 5.41) is 2.46. The number of nitrogens with two attached hydrogens (primary N) is 1. The zero-order valence-electron chi connectivity index (χ0n) is 11.7. The third kappa shape index (κ3) is 4.03. The van der Waals surface area contributed by atoms with Crippen molar-refractivity contribution in [1.82, 2.24) is 0 Å². The molecule has 2 aromatic rings. The van der Waals surface area contributed by atoms with Crippen molar-refractivity contribution in [1.29, 1.82) is 0 Å². The van der Waals surface area contributed by atoms with Crippen LogP contribution in [-0.2, 0) is 4.79 Å². The fourth-order valence-corrected chi connectivity index (χ4v) is 1.88. The molecule has 4 nitrogen and oxygen atoms in total. The number of hydrogen-bond donors (Lipinski definition) is 2. The number of nitrogens with one attached hydrogen (secondary N) is 1. The van der Waals surface area contributed by atoms with Crippen molar-refractivity contribution in [3.05, 3.63) is 59.9 Å². The van der Waals surface area contributed by atoms with Gasteiger partial charge in [0.25, 0.3) is 5.91 Å². The highest BCUT2D eigenvalue weighted by Gasteiger charge is 2.10. The van der Waals surface area contributed by atoms with Crippen LogP contribution in [0.25, 0.3) is 0 Å². The van der Waals surface area contributed by atoms with Crippen LogP contribution in [0.15, 0.2) is 48.5 Å². The molecule has 0 heterocycles. The molecule has 0 fully saturated rings. The smallest absolute Gasteiger partial charge is 0.262 e. The fourth-order valence-electron chi connectivity index (χ4n) is 1.88. The van der Waals surface area contributed by atoms with Gasteiger partial charge in [-0.05, 0) is 25.1 Å². The lowest BCUT2D eigenvalue weighted by molar-refractivity contribution is -0.118. The molecule has 0 aliphatic carbocycles. The quantitative estimate of drug-likeness (QED) is 0.889. The lowest BCUT2D eigenvalue weighted by Crippen LogP contribution is -2.21. The maximum Gasteiger partial charge on any atom is 0.262 e. The van der Waals surface area contributed by atoms with E-state index < -0.39 is 11.7 Å². The monoisotopic (exact) mass is 288 g/mol.